The van der Waals surface area contributed by atoms with Crippen molar-refractivity contribution >= 4 is 61.4 Å². The lowest BCUT2D eigenvalue weighted by Gasteiger charge is -2.28. The van der Waals surface area contributed by atoms with Crippen LogP contribution in [0.15, 0.2) is 91.0 Å². The molecule has 0 heterocycles. The van der Waals surface area contributed by atoms with Crippen LogP contribution >= 0.6 is 0 Å². The number of Topliss-reactive ketones (excluding diaryl/α,β-unsaturated/α-hetero) is 1. The van der Waals surface area contributed by atoms with Gasteiger partial charge >= 0.3 is 0 Å². The van der Waals surface area contributed by atoms with E-state index in [4.69, 9.17) is 0 Å². The minimum absolute atomic E-state index is 0.203. The molecule has 1 aliphatic rings. The third-order valence-corrected chi connectivity index (χ3v) is 7.38. The van der Waals surface area contributed by atoms with Gasteiger partial charge in [0.1, 0.15) is 12.2 Å². The van der Waals surface area contributed by atoms with Crippen LogP contribution in [-0.2, 0) is 4.79 Å². The molecule has 0 aromatic heterocycles. The van der Waals surface area contributed by atoms with Crippen LogP contribution in [0.3, 0.4) is 0 Å². The second-order valence-corrected chi connectivity index (χ2v) is 9.11. The molecule has 0 fully saturated rings. The first-order valence-electron chi connectivity index (χ1n) is 11.6. The number of ketones is 1. The van der Waals surface area contributed by atoms with Crippen LogP contribution in [0.5, 0.6) is 0 Å². The molecule has 0 spiro atoms. The molecule has 0 aliphatic heterocycles. The highest BCUT2D eigenvalue weighted by Gasteiger charge is 2.35. The van der Waals surface area contributed by atoms with Crippen LogP contribution in [0.1, 0.15) is 32.2 Å². The van der Waals surface area contributed by atoms with Gasteiger partial charge < -0.3 is 4.79 Å². The Morgan fingerprint density at radius 2 is 1.34 bits per heavy atom. The van der Waals surface area contributed by atoms with E-state index in [-0.39, 0.29) is 5.78 Å². The van der Waals surface area contributed by atoms with Gasteiger partial charge in [0.05, 0.1) is 0 Å². The van der Waals surface area contributed by atoms with Crippen molar-refractivity contribution in [1.82, 2.24) is 0 Å². The molecule has 1 aliphatic carbocycles. The lowest BCUT2D eigenvalue weighted by atomic mass is 9.73. The molecule has 0 N–H and O–H groups in total. The third-order valence-electron chi connectivity index (χ3n) is 7.38. The van der Waals surface area contributed by atoms with Gasteiger partial charge in [0.15, 0.2) is 12.1 Å². The zero-order chi connectivity index (χ0) is 23.7. The summed E-state index contributed by atoms with van der Waals surface area (Å²) in [5.41, 5.74) is 3.53. The Labute approximate surface area is 200 Å². The van der Waals surface area contributed by atoms with Gasteiger partial charge in [-0.2, -0.15) is 0 Å². The van der Waals surface area contributed by atoms with E-state index >= 15 is 0 Å². The second kappa shape index (κ2) is 7.18. The molecular weight excluding hydrogens is 432 g/mol. The maximum Gasteiger partial charge on any atom is 0.178 e. The van der Waals surface area contributed by atoms with Crippen LogP contribution in [-0.4, -0.2) is 18.4 Å². The van der Waals surface area contributed by atoms with Crippen LogP contribution in [0.25, 0.3) is 54.2 Å². The van der Waals surface area contributed by atoms with Crippen LogP contribution in [0.4, 0.5) is 0 Å². The number of carbonyl (C=O) groups is 3. The summed E-state index contributed by atoms with van der Waals surface area (Å²) in [7, 11) is 0. The second-order valence-electron chi connectivity index (χ2n) is 9.11. The molecule has 35 heavy (non-hydrogen) atoms. The van der Waals surface area contributed by atoms with Gasteiger partial charge in [-0.25, -0.2) is 0 Å². The molecule has 1 atom stereocenters. The van der Waals surface area contributed by atoms with Crippen molar-refractivity contribution in [1.29, 1.82) is 0 Å². The van der Waals surface area contributed by atoms with Gasteiger partial charge in [0.25, 0.3) is 0 Å². The molecule has 0 saturated carbocycles. The molecule has 0 saturated heterocycles. The first-order valence-corrected chi connectivity index (χ1v) is 11.6. The summed E-state index contributed by atoms with van der Waals surface area (Å²) < 4.78 is 0. The fourth-order valence-corrected chi connectivity index (χ4v) is 5.90. The van der Waals surface area contributed by atoms with Crippen molar-refractivity contribution in [2.75, 3.05) is 0 Å². The first-order chi connectivity index (χ1) is 17.2. The number of carbonyl (C=O) groups excluding carboxylic acids is 3. The van der Waals surface area contributed by atoms with Crippen LogP contribution in [0, 0.1) is 0 Å². The number of benzene rings is 6. The highest BCUT2D eigenvalue weighted by atomic mass is 16.1. The van der Waals surface area contributed by atoms with Gasteiger partial charge in [-0.1, -0.05) is 78.9 Å². The topological polar surface area (TPSA) is 51.2 Å². The molecule has 0 bridgehead atoms. The molecule has 0 amide bonds. The Morgan fingerprint density at radius 1 is 0.600 bits per heavy atom. The van der Waals surface area contributed by atoms with Crippen molar-refractivity contribution in [2.24, 2.45) is 0 Å². The van der Waals surface area contributed by atoms with Crippen molar-refractivity contribution in [3.63, 3.8) is 0 Å². The molecule has 3 heteroatoms. The maximum absolute atomic E-state index is 13.5. The highest BCUT2D eigenvalue weighted by Crippen LogP contribution is 2.49. The maximum atomic E-state index is 13.5. The van der Waals surface area contributed by atoms with Crippen molar-refractivity contribution in [2.45, 2.75) is 5.92 Å². The van der Waals surface area contributed by atoms with Crippen LogP contribution < -0.4 is 0 Å². The minimum Gasteiger partial charge on any atom is -0.302 e. The Morgan fingerprint density at radius 3 is 2.11 bits per heavy atom. The first kappa shape index (κ1) is 19.8. The molecular formula is C32H18O3. The number of hydrogen-bond acceptors (Lipinski definition) is 3. The Kier molecular flexibility index (Phi) is 4.06. The number of fused-ring (bicyclic) bond motifs is 11. The van der Waals surface area contributed by atoms with E-state index < -0.39 is 5.92 Å². The fraction of sp³-hybridized carbons (Fsp3) is 0.0312. The van der Waals surface area contributed by atoms with E-state index in [9.17, 15) is 14.4 Å². The normalized spacial score (nSPS) is 14.9. The molecule has 6 aromatic rings. The third kappa shape index (κ3) is 2.58. The summed E-state index contributed by atoms with van der Waals surface area (Å²) in [6.07, 6.45) is 1.60. The summed E-state index contributed by atoms with van der Waals surface area (Å²) in [5.74, 6) is -1.13. The summed E-state index contributed by atoms with van der Waals surface area (Å²) in [6, 6.07) is 29.8. The smallest absolute Gasteiger partial charge is 0.178 e. The average molecular weight is 450 g/mol. The zero-order valence-corrected chi connectivity index (χ0v) is 18.6. The van der Waals surface area contributed by atoms with E-state index in [1.165, 1.54) is 0 Å². The Balaban J connectivity index is 1.84. The monoisotopic (exact) mass is 450 g/mol. The van der Waals surface area contributed by atoms with Gasteiger partial charge in [0, 0.05) is 16.5 Å². The van der Waals surface area contributed by atoms with E-state index in [0.29, 0.717) is 16.7 Å². The average Bonchev–Trinajstić information content (AvgIpc) is 2.91. The van der Waals surface area contributed by atoms with Gasteiger partial charge in [0.2, 0.25) is 0 Å². The van der Waals surface area contributed by atoms with Gasteiger partial charge in [-0.15, -0.1) is 0 Å². The molecule has 6 aromatic carbocycles. The molecule has 7 rings (SSSR count). The Hall–Kier alpha value is -4.63. The largest absolute Gasteiger partial charge is 0.302 e. The summed E-state index contributed by atoms with van der Waals surface area (Å²) in [4.78, 5) is 38.1. The molecule has 3 nitrogen and oxygen atoms in total. The summed E-state index contributed by atoms with van der Waals surface area (Å²) in [5, 5.41) is 7.82. The van der Waals surface area contributed by atoms with Gasteiger partial charge in [-0.05, 0) is 66.5 Å². The number of rotatable bonds is 2. The van der Waals surface area contributed by atoms with E-state index in [1.807, 2.05) is 42.5 Å². The Bertz CT molecular complexity index is 1910. The standard InChI is InChI=1S/C32H18O3/c33-16-21-8-5-11-24-28(21)25-13-12-20-14-18-6-1-2-7-19(18)15-26(20)29(25)31-22-9-3-4-10-23(22)32(35)27(17-34)30(24)31/h1-17,27H. The van der Waals surface area contributed by atoms with Crippen molar-refractivity contribution in [3.8, 4) is 11.1 Å². The zero-order valence-electron chi connectivity index (χ0n) is 18.6. The van der Waals surface area contributed by atoms with Crippen LogP contribution in [0.2, 0.25) is 0 Å². The molecule has 1 unspecified atom stereocenters. The van der Waals surface area contributed by atoms with E-state index in [0.717, 1.165) is 66.8 Å². The van der Waals surface area contributed by atoms with Gasteiger partial charge in [-0.3, -0.25) is 9.59 Å². The van der Waals surface area contributed by atoms with Crippen molar-refractivity contribution < 1.29 is 14.4 Å². The number of aldehydes is 2. The lowest BCUT2D eigenvalue weighted by Crippen LogP contribution is -2.21. The quantitative estimate of drug-likeness (QED) is 0.121. The molecule has 164 valence electrons. The lowest BCUT2D eigenvalue weighted by molar-refractivity contribution is -0.108. The minimum atomic E-state index is -0.926. The molecule has 0 radical (unpaired) electrons. The predicted octanol–water partition coefficient (Wildman–Crippen LogP) is 7.26. The van der Waals surface area contributed by atoms with Crippen molar-refractivity contribution in [3.05, 3.63) is 108 Å². The van der Waals surface area contributed by atoms with E-state index in [2.05, 4.69) is 36.4 Å². The number of hydrogen-bond donors (Lipinski definition) is 0. The van der Waals surface area contributed by atoms with E-state index in [1.54, 1.807) is 12.1 Å². The fourth-order valence-electron chi connectivity index (χ4n) is 5.90. The SMILES string of the molecule is O=Cc1cccc2c3c(c4c5cc6ccccc6cc5ccc4c12)-c1ccccc1C(=O)C3C=O. The summed E-state index contributed by atoms with van der Waals surface area (Å²) >= 11 is 0. The predicted molar refractivity (Wildman–Crippen MR) is 140 cm³/mol. The highest BCUT2D eigenvalue weighted by molar-refractivity contribution is 6.32. The summed E-state index contributed by atoms with van der Waals surface area (Å²) in [6.45, 7) is 0.